The number of hydrogen-bond donors (Lipinski definition) is 3. The van der Waals surface area contributed by atoms with Gasteiger partial charge in [0.15, 0.2) is 12.1 Å². The van der Waals surface area contributed by atoms with E-state index in [0.29, 0.717) is 0 Å². The second-order valence-electron chi connectivity index (χ2n) is 7.07. The van der Waals surface area contributed by atoms with E-state index in [-0.39, 0.29) is 5.91 Å². The van der Waals surface area contributed by atoms with Crippen molar-refractivity contribution in [3.8, 4) is 0 Å². The quantitative estimate of drug-likeness (QED) is 0.665. The van der Waals surface area contributed by atoms with Crippen LogP contribution in [0.25, 0.3) is 0 Å². The Kier molecular flexibility index (Phi) is 4.34. The highest BCUT2D eigenvalue weighted by Gasteiger charge is 2.57. The molecule has 7 heteroatoms. The second kappa shape index (κ2) is 5.48. The first-order valence-corrected chi connectivity index (χ1v) is 7.16. The molecule has 1 amide bonds. The lowest BCUT2D eigenvalue weighted by molar-refractivity contribution is -0.218. The fraction of sp³-hybridized carbons (Fsp3) is 0.929. The molecule has 0 bridgehead atoms. The molecular weight excluding hydrogens is 278 g/mol. The second-order valence-corrected chi connectivity index (χ2v) is 7.07. The molecule has 3 N–H and O–H groups in total. The minimum atomic E-state index is -1.11. The predicted molar refractivity (Wildman–Crippen MR) is 73.2 cm³/mol. The lowest BCUT2D eigenvalue weighted by atomic mass is 9.93. The number of nitrogens with one attached hydrogen (secondary N) is 1. The number of carbonyl (C=O) groups excluding carboxylic acids is 1. The summed E-state index contributed by atoms with van der Waals surface area (Å²) in [4.78, 5) is 12.2. The van der Waals surface area contributed by atoms with Crippen molar-refractivity contribution in [1.29, 1.82) is 0 Å². The zero-order valence-corrected chi connectivity index (χ0v) is 13.1. The first-order chi connectivity index (χ1) is 9.55. The van der Waals surface area contributed by atoms with Gasteiger partial charge in [-0.05, 0) is 13.8 Å². The van der Waals surface area contributed by atoms with E-state index in [1.54, 1.807) is 34.6 Å². The van der Waals surface area contributed by atoms with E-state index in [0.717, 1.165) is 0 Å². The fourth-order valence-electron chi connectivity index (χ4n) is 2.50. The van der Waals surface area contributed by atoms with Gasteiger partial charge < -0.3 is 29.7 Å². The van der Waals surface area contributed by atoms with E-state index in [1.807, 2.05) is 0 Å². The smallest absolute Gasteiger partial charge is 0.225 e. The predicted octanol–water partition coefficient (Wildman–Crippen LogP) is -0.253. The molecule has 122 valence electrons. The van der Waals surface area contributed by atoms with Crippen molar-refractivity contribution >= 4 is 5.91 Å². The third kappa shape index (κ3) is 3.37. The third-order valence-corrected chi connectivity index (χ3v) is 3.63. The summed E-state index contributed by atoms with van der Waals surface area (Å²) in [6.07, 6.45) is -3.07. The van der Waals surface area contributed by atoms with Crippen LogP contribution in [0.3, 0.4) is 0 Å². The van der Waals surface area contributed by atoms with Crippen LogP contribution in [-0.2, 0) is 19.0 Å². The van der Waals surface area contributed by atoms with Crippen molar-refractivity contribution in [2.24, 2.45) is 5.41 Å². The van der Waals surface area contributed by atoms with Crippen LogP contribution in [0.2, 0.25) is 0 Å². The monoisotopic (exact) mass is 303 g/mol. The highest BCUT2D eigenvalue weighted by atomic mass is 16.8. The van der Waals surface area contributed by atoms with Crippen molar-refractivity contribution in [1.82, 2.24) is 5.32 Å². The summed E-state index contributed by atoms with van der Waals surface area (Å²) in [5.74, 6) is -0.991. The van der Waals surface area contributed by atoms with Crippen molar-refractivity contribution in [3.05, 3.63) is 0 Å². The van der Waals surface area contributed by atoms with Crippen LogP contribution in [0, 0.1) is 5.41 Å². The van der Waals surface area contributed by atoms with Gasteiger partial charge in [0.05, 0.1) is 12.6 Å². The van der Waals surface area contributed by atoms with E-state index >= 15 is 0 Å². The maximum atomic E-state index is 12.2. The van der Waals surface area contributed by atoms with E-state index in [9.17, 15) is 9.90 Å². The van der Waals surface area contributed by atoms with E-state index in [1.165, 1.54) is 0 Å². The van der Waals surface area contributed by atoms with Gasteiger partial charge in [-0.1, -0.05) is 20.8 Å². The average molecular weight is 303 g/mol. The summed E-state index contributed by atoms with van der Waals surface area (Å²) >= 11 is 0. The minimum Gasteiger partial charge on any atom is -0.394 e. The summed E-state index contributed by atoms with van der Waals surface area (Å²) in [6.45, 7) is 8.44. The number of amides is 1. The van der Waals surface area contributed by atoms with Crippen LogP contribution >= 0.6 is 0 Å². The Labute approximate surface area is 124 Å². The lowest BCUT2D eigenvalue weighted by Gasteiger charge is -2.30. The molecule has 2 heterocycles. The molecule has 0 aliphatic carbocycles. The molecule has 0 unspecified atom stereocenters. The van der Waals surface area contributed by atoms with Gasteiger partial charge in [0.25, 0.3) is 0 Å². The zero-order chi connectivity index (χ0) is 16.0. The largest absolute Gasteiger partial charge is 0.394 e. The van der Waals surface area contributed by atoms with Gasteiger partial charge in [0.1, 0.15) is 18.3 Å². The SMILES string of the molecule is CC1(C)O[C@H]2O[C@H]([C@H](O)CO)[C@@H](NC(=O)C(C)(C)C)[C@H]2O1. The van der Waals surface area contributed by atoms with Crippen molar-refractivity contribution < 1.29 is 29.2 Å². The number of aliphatic hydroxyl groups excluding tert-OH is 2. The molecule has 0 aromatic heterocycles. The van der Waals surface area contributed by atoms with Crippen LogP contribution in [0.5, 0.6) is 0 Å². The van der Waals surface area contributed by atoms with Crippen molar-refractivity contribution in [3.63, 3.8) is 0 Å². The Balaban J connectivity index is 2.17. The van der Waals surface area contributed by atoms with Crippen LogP contribution in [-0.4, -0.2) is 59.2 Å². The molecular formula is C14H25NO6. The molecule has 21 heavy (non-hydrogen) atoms. The Morgan fingerprint density at radius 3 is 2.48 bits per heavy atom. The molecule has 5 atom stereocenters. The highest BCUT2D eigenvalue weighted by Crippen LogP contribution is 2.38. The lowest BCUT2D eigenvalue weighted by Crippen LogP contribution is -2.54. The number of rotatable bonds is 3. The molecule has 0 spiro atoms. The van der Waals surface area contributed by atoms with E-state index < -0.39 is 48.5 Å². The number of aliphatic hydroxyl groups is 2. The third-order valence-electron chi connectivity index (χ3n) is 3.63. The van der Waals surface area contributed by atoms with Gasteiger partial charge in [0, 0.05) is 5.41 Å². The average Bonchev–Trinajstić information content (AvgIpc) is 2.80. The normalized spacial score (nSPS) is 36.3. The van der Waals surface area contributed by atoms with Crippen LogP contribution in [0.4, 0.5) is 0 Å². The Morgan fingerprint density at radius 1 is 1.33 bits per heavy atom. The minimum absolute atomic E-state index is 0.180. The summed E-state index contributed by atoms with van der Waals surface area (Å²) < 4.78 is 17.0. The first-order valence-electron chi connectivity index (χ1n) is 7.16. The summed E-state index contributed by atoms with van der Waals surface area (Å²) in [5.41, 5.74) is -0.582. The van der Waals surface area contributed by atoms with Crippen LogP contribution in [0.1, 0.15) is 34.6 Å². The number of ether oxygens (including phenoxy) is 3. The van der Waals surface area contributed by atoms with Gasteiger partial charge in [0.2, 0.25) is 5.91 Å². The van der Waals surface area contributed by atoms with Gasteiger partial charge >= 0.3 is 0 Å². The summed E-state index contributed by atoms with van der Waals surface area (Å²) in [7, 11) is 0. The van der Waals surface area contributed by atoms with Crippen LogP contribution < -0.4 is 5.32 Å². The van der Waals surface area contributed by atoms with E-state index in [2.05, 4.69) is 5.32 Å². The first kappa shape index (κ1) is 16.6. The molecule has 0 aromatic rings. The Hall–Kier alpha value is -0.730. The molecule has 2 aliphatic heterocycles. The van der Waals surface area contributed by atoms with Gasteiger partial charge in [-0.2, -0.15) is 0 Å². The fourth-order valence-corrected chi connectivity index (χ4v) is 2.50. The maximum absolute atomic E-state index is 12.2. The molecule has 2 fully saturated rings. The highest BCUT2D eigenvalue weighted by molar-refractivity contribution is 5.81. The van der Waals surface area contributed by atoms with Gasteiger partial charge in [-0.25, -0.2) is 0 Å². The summed E-state index contributed by atoms with van der Waals surface area (Å²) in [5, 5.41) is 21.9. The molecule has 0 saturated carbocycles. The standard InChI is InChI=1S/C14H25NO6/c1-13(2,3)12(18)15-8-9(7(17)6-16)19-11-10(8)20-14(4,5)21-11/h7-11,16-17H,6H2,1-5H3,(H,15,18)/t7-,8-,9-,10-,11-/m1/s1. The van der Waals surface area contributed by atoms with Crippen molar-refractivity contribution in [2.45, 2.75) is 71.0 Å². The topological polar surface area (TPSA) is 97.3 Å². The van der Waals surface area contributed by atoms with Gasteiger partial charge in [-0.3, -0.25) is 4.79 Å². The molecule has 2 rings (SSSR count). The number of fused-ring (bicyclic) bond motifs is 1. The number of carbonyl (C=O) groups is 1. The Morgan fingerprint density at radius 2 is 1.95 bits per heavy atom. The molecule has 2 aliphatic rings. The maximum Gasteiger partial charge on any atom is 0.225 e. The van der Waals surface area contributed by atoms with E-state index in [4.69, 9.17) is 19.3 Å². The number of hydrogen-bond acceptors (Lipinski definition) is 6. The van der Waals surface area contributed by atoms with Crippen LogP contribution in [0.15, 0.2) is 0 Å². The molecule has 0 aromatic carbocycles. The van der Waals surface area contributed by atoms with Gasteiger partial charge in [-0.15, -0.1) is 0 Å². The summed E-state index contributed by atoms with van der Waals surface area (Å²) in [6, 6.07) is -0.578. The Bertz CT molecular complexity index is 405. The molecule has 7 nitrogen and oxygen atoms in total. The van der Waals surface area contributed by atoms with Crippen molar-refractivity contribution in [2.75, 3.05) is 6.61 Å². The molecule has 2 saturated heterocycles. The molecule has 0 radical (unpaired) electrons. The zero-order valence-electron chi connectivity index (χ0n) is 13.1.